The van der Waals surface area contributed by atoms with Gasteiger partial charge in [0.1, 0.15) is 6.04 Å². The fraction of sp³-hybridized carbons (Fsp3) is 0.588. The van der Waals surface area contributed by atoms with Crippen LogP contribution in [0, 0.1) is 5.92 Å². The lowest BCUT2D eigenvalue weighted by Crippen LogP contribution is -2.33. The largest absolute Gasteiger partial charge is 0.371 e. The van der Waals surface area contributed by atoms with Crippen molar-refractivity contribution in [3.8, 4) is 0 Å². The van der Waals surface area contributed by atoms with E-state index < -0.39 is 6.04 Å². The number of hydrogen-bond donors (Lipinski definition) is 1. The predicted octanol–water partition coefficient (Wildman–Crippen LogP) is 2.68. The third-order valence-electron chi connectivity index (χ3n) is 4.98. The van der Waals surface area contributed by atoms with E-state index >= 15 is 0 Å². The summed E-state index contributed by atoms with van der Waals surface area (Å²) in [5.41, 5.74) is 9.10. The molecule has 2 heterocycles. The van der Waals surface area contributed by atoms with Crippen LogP contribution in [0.2, 0.25) is 0 Å². The topological polar surface area (TPSA) is 49.6 Å². The van der Waals surface area contributed by atoms with E-state index in [0.717, 1.165) is 30.3 Å². The van der Waals surface area contributed by atoms with Crippen molar-refractivity contribution in [3.63, 3.8) is 0 Å². The monoisotopic (exact) mass is 287 g/mol. The molecule has 1 unspecified atom stereocenters. The molecule has 2 aliphatic heterocycles. The molecule has 1 saturated heterocycles. The van der Waals surface area contributed by atoms with E-state index in [1.54, 1.807) is 4.90 Å². The maximum Gasteiger partial charge on any atom is 0.248 e. The Bertz CT molecular complexity index is 535. The van der Waals surface area contributed by atoms with Crippen LogP contribution in [-0.4, -0.2) is 26.0 Å². The van der Waals surface area contributed by atoms with E-state index in [4.69, 9.17) is 5.73 Å². The number of carbonyl (C=O) groups is 1. The zero-order valence-corrected chi connectivity index (χ0v) is 13.0. The van der Waals surface area contributed by atoms with Crippen molar-refractivity contribution in [2.24, 2.45) is 11.7 Å². The van der Waals surface area contributed by atoms with Gasteiger partial charge in [-0.3, -0.25) is 4.79 Å². The fourth-order valence-corrected chi connectivity index (χ4v) is 3.63. The highest BCUT2D eigenvalue weighted by molar-refractivity contribution is 6.04. The molecule has 0 spiro atoms. The summed E-state index contributed by atoms with van der Waals surface area (Å²) in [6, 6.07) is 5.77. The van der Waals surface area contributed by atoms with E-state index in [9.17, 15) is 4.79 Å². The van der Waals surface area contributed by atoms with Gasteiger partial charge in [0.2, 0.25) is 5.91 Å². The van der Waals surface area contributed by atoms with E-state index in [-0.39, 0.29) is 5.91 Å². The Morgan fingerprint density at radius 1 is 1.29 bits per heavy atom. The second-order valence-electron chi connectivity index (χ2n) is 6.34. The summed E-state index contributed by atoms with van der Waals surface area (Å²) in [4.78, 5) is 16.1. The van der Waals surface area contributed by atoms with Gasteiger partial charge in [-0.05, 0) is 30.9 Å². The molecular formula is C17H25N3O. The van der Waals surface area contributed by atoms with Crippen LogP contribution in [-0.2, 0) is 4.79 Å². The first-order valence-electron chi connectivity index (χ1n) is 8.04. The molecule has 4 nitrogen and oxygen atoms in total. The van der Waals surface area contributed by atoms with Crippen molar-refractivity contribution in [3.05, 3.63) is 23.8 Å². The molecular weight excluding hydrogens is 262 g/mol. The molecule has 114 valence electrons. The number of likely N-dealkylation sites (N-methyl/N-ethyl adjacent to an activating group) is 1. The minimum Gasteiger partial charge on any atom is -0.371 e. The lowest BCUT2D eigenvalue weighted by molar-refractivity contribution is -0.118. The number of anilines is 2. The maximum atomic E-state index is 12.0. The second-order valence-corrected chi connectivity index (χ2v) is 6.34. The Kier molecular flexibility index (Phi) is 3.89. The van der Waals surface area contributed by atoms with Crippen LogP contribution < -0.4 is 15.5 Å². The van der Waals surface area contributed by atoms with Gasteiger partial charge in [0.15, 0.2) is 0 Å². The SMILES string of the molecule is CCCC1CCN(c2ccc3c(c2)N(C)C(=O)C3N)CC1. The molecule has 1 aromatic rings. The molecule has 4 heteroatoms. The van der Waals surface area contributed by atoms with Crippen LogP contribution in [0.1, 0.15) is 44.2 Å². The van der Waals surface area contributed by atoms with Crippen LogP contribution in [0.4, 0.5) is 11.4 Å². The van der Waals surface area contributed by atoms with Gasteiger partial charge in [-0.15, -0.1) is 0 Å². The first-order valence-corrected chi connectivity index (χ1v) is 8.04. The average Bonchev–Trinajstić information content (AvgIpc) is 2.73. The summed E-state index contributed by atoms with van der Waals surface area (Å²) in [6.45, 7) is 4.50. The Labute approximate surface area is 126 Å². The van der Waals surface area contributed by atoms with Crippen molar-refractivity contribution in [2.45, 2.75) is 38.6 Å². The number of nitrogens with two attached hydrogens (primary N) is 1. The number of rotatable bonds is 3. The zero-order chi connectivity index (χ0) is 15.0. The molecule has 1 fully saturated rings. The molecule has 0 aliphatic carbocycles. The van der Waals surface area contributed by atoms with E-state index in [1.165, 1.54) is 31.4 Å². The average molecular weight is 287 g/mol. The smallest absolute Gasteiger partial charge is 0.248 e. The summed E-state index contributed by atoms with van der Waals surface area (Å²) in [5.74, 6) is 0.877. The van der Waals surface area contributed by atoms with Crippen molar-refractivity contribution < 1.29 is 4.79 Å². The van der Waals surface area contributed by atoms with Crippen molar-refractivity contribution >= 4 is 17.3 Å². The summed E-state index contributed by atoms with van der Waals surface area (Å²) in [6.07, 6.45) is 5.19. The van der Waals surface area contributed by atoms with Crippen LogP contribution in [0.15, 0.2) is 18.2 Å². The lowest BCUT2D eigenvalue weighted by atomic mass is 9.92. The highest BCUT2D eigenvalue weighted by Gasteiger charge is 2.32. The number of benzene rings is 1. The Hall–Kier alpha value is -1.55. The Morgan fingerprint density at radius 3 is 2.67 bits per heavy atom. The minimum atomic E-state index is -0.491. The molecule has 1 atom stereocenters. The number of fused-ring (bicyclic) bond motifs is 1. The van der Waals surface area contributed by atoms with Gasteiger partial charge < -0.3 is 15.5 Å². The Balaban J connectivity index is 1.76. The van der Waals surface area contributed by atoms with Gasteiger partial charge >= 0.3 is 0 Å². The first kappa shape index (κ1) is 14.4. The van der Waals surface area contributed by atoms with E-state index in [2.05, 4.69) is 24.0 Å². The van der Waals surface area contributed by atoms with Crippen LogP contribution in [0.3, 0.4) is 0 Å². The fourth-order valence-electron chi connectivity index (χ4n) is 3.63. The molecule has 3 rings (SSSR count). The molecule has 2 N–H and O–H groups in total. The molecule has 0 bridgehead atoms. The number of hydrogen-bond acceptors (Lipinski definition) is 3. The van der Waals surface area contributed by atoms with Gasteiger partial charge in [-0.2, -0.15) is 0 Å². The van der Waals surface area contributed by atoms with Gasteiger partial charge in [-0.25, -0.2) is 0 Å². The number of piperidine rings is 1. The number of nitrogens with zero attached hydrogens (tertiary/aromatic N) is 2. The summed E-state index contributed by atoms with van der Waals surface area (Å²) in [5, 5.41) is 0. The van der Waals surface area contributed by atoms with Crippen LogP contribution >= 0.6 is 0 Å². The summed E-state index contributed by atoms with van der Waals surface area (Å²) < 4.78 is 0. The first-order chi connectivity index (χ1) is 10.1. The summed E-state index contributed by atoms with van der Waals surface area (Å²) in [7, 11) is 1.81. The van der Waals surface area contributed by atoms with Crippen molar-refractivity contribution in [2.75, 3.05) is 29.9 Å². The quantitative estimate of drug-likeness (QED) is 0.930. The van der Waals surface area contributed by atoms with Gasteiger partial charge in [0.05, 0.1) is 5.69 Å². The predicted molar refractivity (Wildman–Crippen MR) is 86.6 cm³/mol. The standard InChI is InChI=1S/C17H25N3O/c1-3-4-12-7-9-20(10-8-12)13-5-6-14-15(11-13)19(2)17(21)16(14)18/h5-6,11-12,16H,3-4,7-10,18H2,1-2H3. The normalized spacial score (nSPS) is 22.8. The van der Waals surface area contributed by atoms with Gasteiger partial charge in [0.25, 0.3) is 0 Å². The minimum absolute atomic E-state index is 0.0104. The second kappa shape index (κ2) is 5.68. The number of amides is 1. The highest BCUT2D eigenvalue weighted by atomic mass is 16.2. The maximum absolute atomic E-state index is 12.0. The highest BCUT2D eigenvalue weighted by Crippen LogP contribution is 2.37. The zero-order valence-electron chi connectivity index (χ0n) is 13.0. The van der Waals surface area contributed by atoms with Crippen molar-refractivity contribution in [1.82, 2.24) is 0 Å². The third-order valence-corrected chi connectivity index (χ3v) is 4.98. The van der Waals surface area contributed by atoms with E-state index in [0.29, 0.717) is 0 Å². The van der Waals surface area contributed by atoms with Gasteiger partial charge in [0, 0.05) is 31.4 Å². The van der Waals surface area contributed by atoms with E-state index in [1.807, 2.05) is 13.1 Å². The molecule has 0 aromatic heterocycles. The lowest BCUT2D eigenvalue weighted by Gasteiger charge is -2.34. The van der Waals surface area contributed by atoms with Crippen LogP contribution in [0.5, 0.6) is 0 Å². The third kappa shape index (κ3) is 2.53. The molecule has 0 radical (unpaired) electrons. The number of carbonyl (C=O) groups excluding carboxylic acids is 1. The molecule has 0 saturated carbocycles. The molecule has 2 aliphatic rings. The molecule has 1 aromatic carbocycles. The van der Waals surface area contributed by atoms with Crippen LogP contribution in [0.25, 0.3) is 0 Å². The van der Waals surface area contributed by atoms with Gasteiger partial charge in [-0.1, -0.05) is 25.8 Å². The summed E-state index contributed by atoms with van der Waals surface area (Å²) >= 11 is 0. The molecule has 21 heavy (non-hydrogen) atoms. The molecule has 1 amide bonds. The Morgan fingerprint density at radius 2 is 2.00 bits per heavy atom. The van der Waals surface area contributed by atoms with Crippen molar-refractivity contribution in [1.29, 1.82) is 0 Å².